The topological polar surface area (TPSA) is 0 Å². The summed E-state index contributed by atoms with van der Waals surface area (Å²) >= 11 is 0. The smallest absolute Gasteiger partial charge is 0.194 e. The summed E-state index contributed by atoms with van der Waals surface area (Å²) in [5, 5.41) is 1.77. The molecule has 0 radical (unpaired) electrons. The maximum Gasteiger partial charge on any atom is 0.460 e. The Labute approximate surface area is 213 Å². The normalized spacial score (nSPS) is 12.9. The van der Waals surface area contributed by atoms with Crippen LogP contribution in [-0.2, 0) is 0 Å². The zero-order valence-electron chi connectivity index (χ0n) is 20.3. The molecule has 9 heteroatoms. The van der Waals surface area contributed by atoms with Crippen LogP contribution in [0, 0.1) is 17.3 Å². The summed E-state index contributed by atoms with van der Waals surface area (Å²) in [5.41, 5.74) is -0.760. The van der Waals surface area contributed by atoms with Crippen LogP contribution in [0.15, 0.2) is 78.0 Å². The fourth-order valence-corrected chi connectivity index (χ4v) is 3.67. The fourth-order valence-electron chi connectivity index (χ4n) is 3.67. The third-order valence-electron chi connectivity index (χ3n) is 5.66. The Balaban J connectivity index is 2.15. The summed E-state index contributed by atoms with van der Waals surface area (Å²) in [6.07, 6.45) is -6.08. The van der Waals surface area contributed by atoms with E-state index in [-0.39, 0.29) is 11.1 Å². The molecular weight excluding hydrogens is 519 g/mol. The molecule has 200 valence electrons. The van der Waals surface area contributed by atoms with Crippen LogP contribution in [0.1, 0.15) is 37.5 Å². The molecule has 0 saturated heterocycles. The van der Waals surface area contributed by atoms with Crippen molar-refractivity contribution in [2.24, 2.45) is 5.41 Å². The number of halogens is 9. The van der Waals surface area contributed by atoms with Crippen LogP contribution in [0.2, 0.25) is 0 Å². The fraction of sp³-hybridized carbons (Fsp3) is 0.276. The van der Waals surface area contributed by atoms with Gasteiger partial charge in [0.2, 0.25) is 0 Å². The van der Waals surface area contributed by atoms with Gasteiger partial charge in [-0.3, -0.25) is 0 Å². The van der Waals surface area contributed by atoms with Crippen molar-refractivity contribution in [2.75, 3.05) is 0 Å². The molecule has 3 aromatic rings. The Morgan fingerprint density at radius 2 is 1.16 bits per heavy atom. The molecule has 38 heavy (non-hydrogen) atoms. The quantitative estimate of drug-likeness (QED) is 0.176. The maximum absolute atomic E-state index is 14.8. The van der Waals surface area contributed by atoms with Crippen LogP contribution >= 0.6 is 0 Å². The van der Waals surface area contributed by atoms with E-state index in [2.05, 4.69) is 11.8 Å². The second-order valence-electron chi connectivity index (χ2n) is 9.50. The van der Waals surface area contributed by atoms with Gasteiger partial charge in [0, 0.05) is 11.1 Å². The zero-order valence-corrected chi connectivity index (χ0v) is 20.3. The van der Waals surface area contributed by atoms with Crippen LogP contribution in [0.25, 0.3) is 16.8 Å². The van der Waals surface area contributed by atoms with E-state index in [9.17, 15) is 39.5 Å². The van der Waals surface area contributed by atoms with E-state index in [4.69, 9.17) is 0 Å². The van der Waals surface area contributed by atoms with Gasteiger partial charge in [0.25, 0.3) is 0 Å². The van der Waals surface area contributed by atoms with Gasteiger partial charge in [-0.05, 0) is 40.0 Å². The van der Waals surface area contributed by atoms with Gasteiger partial charge < -0.3 is 0 Å². The van der Waals surface area contributed by atoms with Crippen molar-refractivity contribution in [1.29, 1.82) is 0 Å². The maximum atomic E-state index is 14.8. The van der Waals surface area contributed by atoms with E-state index in [0.29, 0.717) is 5.56 Å². The lowest BCUT2D eigenvalue weighted by Gasteiger charge is -2.37. The molecular formula is C29H21F9. The summed E-state index contributed by atoms with van der Waals surface area (Å²) in [5.74, 6) is -13.9. The lowest BCUT2D eigenvalue weighted by atomic mass is 9.79. The minimum absolute atomic E-state index is 0.115. The number of allylic oxidation sites excluding steroid dienone is 1. The second kappa shape index (κ2) is 9.92. The van der Waals surface area contributed by atoms with Gasteiger partial charge in [-0.1, -0.05) is 87.2 Å². The summed E-state index contributed by atoms with van der Waals surface area (Å²) in [7, 11) is 0. The molecule has 0 aromatic heterocycles. The first-order valence-corrected chi connectivity index (χ1v) is 11.2. The molecule has 0 aliphatic rings. The minimum Gasteiger partial charge on any atom is -0.194 e. The van der Waals surface area contributed by atoms with E-state index >= 15 is 0 Å². The van der Waals surface area contributed by atoms with Gasteiger partial charge >= 0.3 is 23.9 Å². The zero-order chi connectivity index (χ0) is 28.6. The number of rotatable bonds is 4. The van der Waals surface area contributed by atoms with E-state index in [1.165, 1.54) is 18.2 Å². The molecule has 0 N–H and O–H groups in total. The van der Waals surface area contributed by atoms with Crippen LogP contribution in [0.4, 0.5) is 39.5 Å². The van der Waals surface area contributed by atoms with Gasteiger partial charge in [0.05, 0.1) is 5.57 Å². The van der Waals surface area contributed by atoms with E-state index in [1.54, 1.807) is 18.2 Å². The molecule has 0 bridgehead atoms. The summed E-state index contributed by atoms with van der Waals surface area (Å²) < 4.78 is 123. The van der Waals surface area contributed by atoms with Crippen molar-refractivity contribution in [1.82, 2.24) is 0 Å². The largest absolute Gasteiger partial charge is 0.460 e. The molecule has 0 saturated carbocycles. The summed E-state index contributed by atoms with van der Waals surface area (Å²) in [6, 6.07) is 18.8. The van der Waals surface area contributed by atoms with Crippen molar-refractivity contribution < 1.29 is 39.5 Å². The monoisotopic (exact) mass is 540 g/mol. The molecule has 3 aromatic carbocycles. The van der Waals surface area contributed by atoms with Crippen LogP contribution < -0.4 is 0 Å². The lowest BCUT2D eigenvalue weighted by Crippen LogP contribution is -2.62. The minimum atomic E-state index is -7.00. The van der Waals surface area contributed by atoms with Crippen molar-refractivity contribution in [2.45, 2.75) is 44.7 Å². The van der Waals surface area contributed by atoms with Crippen molar-refractivity contribution in [3.05, 3.63) is 94.7 Å². The molecule has 0 fully saturated rings. The van der Waals surface area contributed by atoms with E-state index in [0.717, 1.165) is 37.6 Å². The lowest BCUT2D eigenvalue weighted by molar-refractivity contribution is -0.390. The molecule has 0 atom stereocenters. The third-order valence-corrected chi connectivity index (χ3v) is 5.66. The van der Waals surface area contributed by atoms with Crippen molar-refractivity contribution in [3.63, 3.8) is 0 Å². The average molecular weight is 540 g/mol. The first kappa shape index (κ1) is 28.9. The SMILES string of the molecule is CC(C)(C)C(=C=Cc1ccccc1C#Cc1cccc2ccccc12)C(F)(F)C(F)(F)C(F)(F)C(F)(F)F. The highest BCUT2D eigenvalue weighted by molar-refractivity contribution is 5.88. The van der Waals surface area contributed by atoms with Gasteiger partial charge in [0.1, 0.15) is 0 Å². The van der Waals surface area contributed by atoms with E-state index < -0.39 is 34.9 Å². The molecule has 3 rings (SSSR count). The van der Waals surface area contributed by atoms with Crippen molar-refractivity contribution >= 4 is 16.8 Å². The molecule has 0 nitrogen and oxygen atoms in total. The molecule has 0 aliphatic carbocycles. The Hall–Kier alpha value is -3.63. The van der Waals surface area contributed by atoms with Crippen LogP contribution in [-0.4, -0.2) is 23.9 Å². The number of hydrogen-bond acceptors (Lipinski definition) is 0. The van der Waals surface area contributed by atoms with Crippen molar-refractivity contribution in [3.8, 4) is 11.8 Å². The van der Waals surface area contributed by atoms with Crippen LogP contribution in [0.3, 0.4) is 0 Å². The van der Waals surface area contributed by atoms with Gasteiger partial charge in [0.15, 0.2) is 0 Å². The third kappa shape index (κ3) is 5.32. The van der Waals surface area contributed by atoms with E-state index in [1.807, 2.05) is 36.1 Å². The molecule has 0 unspecified atom stereocenters. The number of fused-ring (bicyclic) bond motifs is 1. The predicted octanol–water partition coefficient (Wildman–Crippen LogP) is 9.29. The highest BCUT2D eigenvalue weighted by Gasteiger charge is 2.82. The number of hydrogen-bond donors (Lipinski definition) is 0. The Bertz CT molecular complexity index is 1450. The summed E-state index contributed by atoms with van der Waals surface area (Å²) in [4.78, 5) is 0. The molecule has 0 heterocycles. The highest BCUT2D eigenvalue weighted by atomic mass is 19.4. The first-order chi connectivity index (χ1) is 17.4. The average Bonchev–Trinajstić information content (AvgIpc) is 2.81. The Morgan fingerprint density at radius 1 is 0.632 bits per heavy atom. The second-order valence-corrected chi connectivity index (χ2v) is 9.50. The van der Waals surface area contributed by atoms with Gasteiger partial charge in [-0.15, -0.1) is 5.73 Å². The first-order valence-electron chi connectivity index (χ1n) is 11.2. The Morgan fingerprint density at radius 3 is 1.79 bits per heavy atom. The molecule has 0 aliphatic heterocycles. The Kier molecular flexibility index (Phi) is 7.55. The predicted molar refractivity (Wildman–Crippen MR) is 128 cm³/mol. The molecule has 0 spiro atoms. The standard InChI is InChI=1S/C29H21F9/c1-25(2,3)24(26(30,31)27(32,33)28(34,35)29(36,37)38)18-17-20-10-5-4-9-19(20)15-16-22-13-8-12-21-11-6-7-14-23(21)22/h4-14,17H,1-3H3. The van der Waals surface area contributed by atoms with Gasteiger partial charge in [-0.25, -0.2) is 0 Å². The summed E-state index contributed by atoms with van der Waals surface area (Å²) in [6.45, 7) is 2.93. The number of benzene rings is 3. The van der Waals surface area contributed by atoms with Gasteiger partial charge in [-0.2, -0.15) is 39.5 Å². The number of alkyl halides is 9. The highest BCUT2D eigenvalue weighted by Crippen LogP contribution is 2.57. The molecule has 0 amide bonds. The van der Waals surface area contributed by atoms with Crippen LogP contribution in [0.5, 0.6) is 0 Å².